The lowest BCUT2D eigenvalue weighted by Gasteiger charge is -2.06. The van der Waals surface area contributed by atoms with Crippen LogP contribution in [0.1, 0.15) is 6.92 Å². The van der Waals surface area contributed by atoms with Crippen molar-refractivity contribution >= 4 is 17.7 Å². The lowest BCUT2D eigenvalue weighted by Crippen LogP contribution is -2.11. The van der Waals surface area contributed by atoms with Crippen LogP contribution in [0.4, 0.5) is 0 Å². The maximum Gasteiger partial charge on any atom is 0.307 e. The Morgan fingerprint density at radius 3 is 3.07 bits per heavy atom. The van der Waals surface area contributed by atoms with Crippen molar-refractivity contribution in [1.29, 1.82) is 0 Å². The molecule has 1 heterocycles. The Hall–Kier alpha value is -1.23. The summed E-state index contributed by atoms with van der Waals surface area (Å²) in [5.74, 6) is -0.0386. The van der Waals surface area contributed by atoms with Crippen molar-refractivity contribution in [2.24, 2.45) is 5.92 Å². The summed E-state index contributed by atoms with van der Waals surface area (Å²) in [5, 5.41) is 8.71. The van der Waals surface area contributed by atoms with E-state index in [4.69, 9.17) is 9.84 Å². The maximum absolute atomic E-state index is 10.6. The zero-order valence-corrected chi connectivity index (χ0v) is 9.45. The van der Waals surface area contributed by atoms with Crippen molar-refractivity contribution in [1.82, 2.24) is 4.98 Å². The van der Waals surface area contributed by atoms with Gasteiger partial charge in [-0.1, -0.05) is 6.92 Å². The molecule has 0 fully saturated rings. The number of aromatic nitrogens is 1. The highest BCUT2D eigenvalue weighted by Crippen LogP contribution is 2.22. The van der Waals surface area contributed by atoms with Crippen LogP contribution in [0.3, 0.4) is 0 Å². The highest BCUT2D eigenvalue weighted by Gasteiger charge is 2.11. The average Bonchev–Trinajstić information content (AvgIpc) is 2.26. The summed E-state index contributed by atoms with van der Waals surface area (Å²) < 4.78 is 4.97. The van der Waals surface area contributed by atoms with Gasteiger partial charge in [-0.15, -0.1) is 11.8 Å². The van der Waals surface area contributed by atoms with Crippen molar-refractivity contribution in [3.63, 3.8) is 0 Å². The van der Waals surface area contributed by atoms with E-state index in [0.717, 1.165) is 4.90 Å². The standard InChI is InChI=1S/C10H13NO3S/c1-7(10(12)13)6-15-8-3-4-11-9(5-8)14-2/h3-5,7H,6H2,1-2H3,(H,12,13). The molecule has 0 saturated heterocycles. The van der Waals surface area contributed by atoms with Crippen LogP contribution in [-0.2, 0) is 4.79 Å². The van der Waals surface area contributed by atoms with Crippen LogP contribution in [0.2, 0.25) is 0 Å². The molecule has 1 aromatic heterocycles. The molecular formula is C10H13NO3S. The van der Waals surface area contributed by atoms with E-state index in [-0.39, 0.29) is 5.92 Å². The lowest BCUT2D eigenvalue weighted by atomic mass is 10.2. The molecule has 0 spiro atoms. The third-order valence-electron chi connectivity index (χ3n) is 1.84. The molecule has 0 radical (unpaired) electrons. The molecular weight excluding hydrogens is 214 g/mol. The quantitative estimate of drug-likeness (QED) is 0.778. The van der Waals surface area contributed by atoms with E-state index in [1.165, 1.54) is 11.8 Å². The molecule has 4 nitrogen and oxygen atoms in total. The highest BCUT2D eigenvalue weighted by molar-refractivity contribution is 7.99. The van der Waals surface area contributed by atoms with E-state index >= 15 is 0 Å². The van der Waals surface area contributed by atoms with E-state index in [2.05, 4.69) is 4.98 Å². The van der Waals surface area contributed by atoms with Gasteiger partial charge in [0.1, 0.15) is 0 Å². The normalized spacial score (nSPS) is 12.1. The first kappa shape index (κ1) is 11.8. The molecule has 0 aliphatic heterocycles. The van der Waals surface area contributed by atoms with E-state index in [9.17, 15) is 4.79 Å². The smallest absolute Gasteiger partial charge is 0.307 e. The van der Waals surface area contributed by atoms with Crippen LogP contribution >= 0.6 is 11.8 Å². The van der Waals surface area contributed by atoms with Gasteiger partial charge in [-0.25, -0.2) is 4.98 Å². The summed E-state index contributed by atoms with van der Waals surface area (Å²) in [4.78, 5) is 15.5. The SMILES string of the molecule is COc1cc(SCC(C)C(=O)O)ccn1. The molecule has 5 heteroatoms. The Morgan fingerprint density at radius 2 is 2.47 bits per heavy atom. The predicted octanol–water partition coefficient (Wildman–Crippen LogP) is 1.90. The summed E-state index contributed by atoms with van der Waals surface area (Å²) in [6.45, 7) is 1.69. The summed E-state index contributed by atoms with van der Waals surface area (Å²) in [6, 6.07) is 3.63. The number of methoxy groups -OCH3 is 1. The number of carboxylic acids is 1. The van der Waals surface area contributed by atoms with Gasteiger partial charge in [0.2, 0.25) is 5.88 Å². The lowest BCUT2D eigenvalue weighted by molar-refractivity contribution is -0.140. The van der Waals surface area contributed by atoms with E-state index < -0.39 is 5.97 Å². The molecule has 0 bridgehead atoms. The Balaban J connectivity index is 2.53. The molecule has 0 aliphatic carbocycles. The van der Waals surface area contributed by atoms with Crippen molar-refractivity contribution in [3.8, 4) is 5.88 Å². The van der Waals surface area contributed by atoms with Gasteiger partial charge in [0.15, 0.2) is 0 Å². The number of carbonyl (C=O) groups is 1. The largest absolute Gasteiger partial charge is 0.481 e. The first-order valence-electron chi connectivity index (χ1n) is 4.49. The van der Waals surface area contributed by atoms with Gasteiger partial charge in [0.25, 0.3) is 0 Å². The second-order valence-corrected chi connectivity index (χ2v) is 4.18. The number of carboxylic acid groups (broad SMARTS) is 1. The fraction of sp³-hybridized carbons (Fsp3) is 0.400. The van der Waals surface area contributed by atoms with E-state index in [0.29, 0.717) is 11.6 Å². The Labute approximate surface area is 92.7 Å². The molecule has 0 saturated carbocycles. The molecule has 1 unspecified atom stereocenters. The average molecular weight is 227 g/mol. The zero-order chi connectivity index (χ0) is 11.3. The molecule has 1 rings (SSSR count). The van der Waals surface area contributed by atoms with Gasteiger partial charge in [0.05, 0.1) is 13.0 Å². The number of hydrogen-bond acceptors (Lipinski definition) is 4. The number of rotatable bonds is 5. The minimum absolute atomic E-state index is 0.353. The second kappa shape index (κ2) is 5.60. The zero-order valence-electron chi connectivity index (χ0n) is 8.64. The Kier molecular flexibility index (Phi) is 4.42. The van der Waals surface area contributed by atoms with Crippen LogP contribution in [0.5, 0.6) is 5.88 Å². The Morgan fingerprint density at radius 1 is 1.73 bits per heavy atom. The molecule has 0 aliphatic rings. The number of thioether (sulfide) groups is 1. The van der Waals surface area contributed by atoms with Crippen molar-refractivity contribution in [2.75, 3.05) is 12.9 Å². The summed E-state index contributed by atoms with van der Waals surface area (Å²) in [5.41, 5.74) is 0. The van der Waals surface area contributed by atoms with Crippen LogP contribution in [-0.4, -0.2) is 28.9 Å². The molecule has 0 amide bonds. The summed E-state index contributed by atoms with van der Waals surface area (Å²) in [6.07, 6.45) is 1.65. The number of pyridine rings is 1. The molecule has 82 valence electrons. The van der Waals surface area contributed by atoms with Crippen molar-refractivity contribution in [2.45, 2.75) is 11.8 Å². The van der Waals surface area contributed by atoms with Gasteiger partial charge >= 0.3 is 5.97 Å². The topological polar surface area (TPSA) is 59.4 Å². The van der Waals surface area contributed by atoms with Gasteiger partial charge in [-0.2, -0.15) is 0 Å². The third kappa shape index (κ3) is 3.79. The third-order valence-corrected chi connectivity index (χ3v) is 3.09. The molecule has 1 N–H and O–H groups in total. The number of ether oxygens (including phenoxy) is 1. The first-order valence-corrected chi connectivity index (χ1v) is 5.47. The fourth-order valence-corrected chi connectivity index (χ4v) is 1.81. The second-order valence-electron chi connectivity index (χ2n) is 3.08. The highest BCUT2D eigenvalue weighted by atomic mass is 32.2. The van der Waals surface area contributed by atoms with Gasteiger partial charge < -0.3 is 9.84 Å². The fourth-order valence-electron chi connectivity index (χ4n) is 0.885. The van der Waals surface area contributed by atoms with Gasteiger partial charge in [-0.3, -0.25) is 4.79 Å². The van der Waals surface area contributed by atoms with Crippen LogP contribution in [0.25, 0.3) is 0 Å². The van der Waals surface area contributed by atoms with Crippen LogP contribution < -0.4 is 4.74 Å². The van der Waals surface area contributed by atoms with Gasteiger partial charge in [-0.05, 0) is 6.07 Å². The monoisotopic (exact) mass is 227 g/mol. The van der Waals surface area contributed by atoms with E-state index in [1.807, 2.05) is 6.07 Å². The number of nitrogens with zero attached hydrogens (tertiary/aromatic N) is 1. The minimum Gasteiger partial charge on any atom is -0.481 e. The maximum atomic E-state index is 10.6. The summed E-state index contributed by atoms with van der Waals surface area (Å²) >= 11 is 1.49. The van der Waals surface area contributed by atoms with E-state index in [1.54, 1.807) is 26.3 Å². The van der Waals surface area contributed by atoms with Gasteiger partial charge in [0, 0.05) is 22.9 Å². The summed E-state index contributed by atoms with van der Waals surface area (Å²) in [7, 11) is 1.55. The predicted molar refractivity (Wildman–Crippen MR) is 58.3 cm³/mol. The number of aliphatic carboxylic acids is 1. The molecule has 15 heavy (non-hydrogen) atoms. The number of hydrogen-bond donors (Lipinski definition) is 1. The minimum atomic E-state index is -0.775. The molecule has 0 aromatic carbocycles. The van der Waals surface area contributed by atoms with Crippen molar-refractivity contribution < 1.29 is 14.6 Å². The Bertz CT molecular complexity index is 343. The first-order chi connectivity index (χ1) is 7.13. The molecule has 1 atom stereocenters. The van der Waals surface area contributed by atoms with Crippen molar-refractivity contribution in [3.05, 3.63) is 18.3 Å². The molecule has 1 aromatic rings. The van der Waals surface area contributed by atoms with Crippen LogP contribution in [0, 0.1) is 5.92 Å². The van der Waals surface area contributed by atoms with Crippen LogP contribution in [0.15, 0.2) is 23.2 Å².